The monoisotopic (exact) mass is 585 g/mol. The van der Waals surface area contributed by atoms with Gasteiger partial charge >= 0.3 is 5.97 Å². The fourth-order valence-corrected chi connectivity index (χ4v) is 6.26. The number of aryl methyl sites for hydroxylation is 2. The molecule has 232 valence electrons. The van der Waals surface area contributed by atoms with E-state index in [-0.39, 0.29) is 37.8 Å². The molecular formula is C31H47N5O6. The molecule has 1 aromatic carbocycles. The molecule has 0 radical (unpaired) electrons. The van der Waals surface area contributed by atoms with Crippen LogP contribution in [0.3, 0.4) is 0 Å². The van der Waals surface area contributed by atoms with E-state index in [2.05, 4.69) is 35.8 Å². The van der Waals surface area contributed by atoms with Crippen LogP contribution in [0, 0.1) is 5.92 Å². The highest BCUT2D eigenvalue weighted by molar-refractivity contribution is 5.79. The molecule has 4 rings (SSSR count). The summed E-state index contributed by atoms with van der Waals surface area (Å²) in [7, 11) is 6.04. The molecule has 2 aliphatic rings. The normalized spacial score (nSPS) is 20.0. The molecule has 3 heterocycles. The molecule has 0 spiro atoms. The Morgan fingerprint density at radius 1 is 1.12 bits per heavy atom. The van der Waals surface area contributed by atoms with E-state index in [4.69, 9.17) is 9.47 Å². The molecule has 1 saturated heterocycles. The fraction of sp³-hybridized carbons (Fsp3) is 0.645. The summed E-state index contributed by atoms with van der Waals surface area (Å²) in [5, 5.41) is 20.6. The minimum atomic E-state index is -0.894. The molecule has 2 aromatic rings. The number of benzene rings is 1. The lowest BCUT2D eigenvalue weighted by molar-refractivity contribution is -0.143. The number of carbonyl (C=O) groups is 2. The van der Waals surface area contributed by atoms with Gasteiger partial charge in [0.1, 0.15) is 5.82 Å². The van der Waals surface area contributed by atoms with Gasteiger partial charge in [-0.3, -0.25) is 14.5 Å². The van der Waals surface area contributed by atoms with Gasteiger partial charge in [0.25, 0.3) is 0 Å². The summed E-state index contributed by atoms with van der Waals surface area (Å²) in [6.45, 7) is 4.91. The van der Waals surface area contributed by atoms with Crippen molar-refractivity contribution in [3.63, 3.8) is 0 Å². The highest BCUT2D eigenvalue weighted by atomic mass is 16.7. The number of carbonyl (C=O) groups excluding carboxylic acids is 1. The Kier molecular flexibility index (Phi) is 11.2. The maximum Gasteiger partial charge on any atom is 0.308 e. The second-order valence-electron chi connectivity index (χ2n) is 11.8. The maximum absolute atomic E-state index is 13.8. The third-order valence-electron chi connectivity index (χ3n) is 8.54. The van der Waals surface area contributed by atoms with E-state index in [1.807, 2.05) is 34.8 Å². The van der Waals surface area contributed by atoms with E-state index in [1.54, 1.807) is 6.20 Å². The lowest BCUT2D eigenvalue weighted by Crippen LogP contribution is -2.45. The van der Waals surface area contributed by atoms with Crippen molar-refractivity contribution in [2.75, 3.05) is 53.6 Å². The van der Waals surface area contributed by atoms with Gasteiger partial charge in [0.05, 0.1) is 19.1 Å². The first kappa shape index (κ1) is 31.8. The maximum atomic E-state index is 13.8. The zero-order valence-corrected chi connectivity index (χ0v) is 25.5. The Labute approximate surface area is 249 Å². The number of nitrogens with zero attached hydrogens (tertiary/aromatic N) is 5. The second kappa shape index (κ2) is 14.8. The van der Waals surface area contributed by atoms with E-state index in [9.17, 15) is 19.8 Å². The van der Waals surface area contributed by atoms with Gasteiger partial charge in [-0.05, 0) is 64.0 Å². The highest BCUT2D eigenvalue weighted by Gasteiger charge is 2.47. The lowest BCUT2D eigenvalue weighted by atomic mass is 9.83. The average Bonchev–Trinajstić information content (AvgIpc) is 3.69. The molecule has 0 bridgehead atoms. The van der Waals surface area contributed by atoms with Gasteiger partial charge in [-0.1, -0.05) is 13.3 Å². The van der Waals surface area contributed by atoms with Crippen LogP contribution in [0.25, 0.3) is 0 Å². The van der Waals surface area contributed by atoms with Crippen molar-refractivity contribution in [3.8, 4) is 11.5 Å². The van der Waals surface area contributed by atoms with Crippen LogP contribution >= 0.6 is 0 Å². The van der Waals surface area contributed by atoms with Gasteiger partial charge in [-0.25, -0.2) is 4.98 Å². The van der Waals surface area contributed by atoms with Crippen molar-refractivity contribution in [1.82, 2.24) is 24.3 Å². The number of aromatic nitrogens is 2. The smallest absolute Gasteiger partial charge is 0.308 e. The van der Waals surface area contributed by atoms with Crippen molar-refractivity contribution in [2.24, 2.45) is 13.0 Å². The number of hydrogen-bond donors (Lipinski definition) is 2. The summed E-state index contributed by atoms with van der Waals surface area (Å²) in [6, 6.07) is 3.30. The highest BCUT2D eigenvalue weighted by Crippen LogP contribution is 2.44. The SMILES string of the molecule is CCCCN(CCCCN(C)C)C(=O)CN1C[C@H](c2cc(CO)c3c(c2)OCO3)[C@@H](C(=O)O)[C@@H]1CCc1nccn1C. The van der Waals surface area contributed by atoms with Gasteiger partial charge in [0, 0.05) is 63.0 Å². The second-order valence-corrected chi connectivity index (χ2v) is 11.8. The molecule has 42 heavy (non-hydrogen) atoms. The van der Waals surface area contributed by atoms with Crippen LogP contribution in [-0.4, -0.2) is 106 Å². The van der Waals surface area contributed by atoms with Gasteiger partial charge in [-0.2, -0.15) is 0 Å². The van der Waals surface area contributed by atoms with Crippen LogP contribution in [0.2, 0.25) is 0 Å². The average molecular weight is 586 g/mol. The molecule has 2 N–H and O–H groups in total. The summed E-state index contributed by atoms with van der Waals surface area (Å²) in [4.78, 5) is 37.3. The molecule has 2 aliphatic heterocycles. The number of rotatable bonds is 16. The standard InChI is InChI=1S/C31H47N5O6/c1-5-6-13-35(14-8-7-12-33(2)3)28(38)19-36-18-24(22-16-23(20-37)30-26(17-22)41-21-42-30)29(31(39)40)25(36)9-10-27-32-11-15-34(27)4/h11,15-17,24-25,29,37H,5-10,12-14,18-21H2,1-4H3,(H,39,40)/t24-,25+,29-/m1/s1. The summed E-state index contributed by atoms with van der Waals surface area (Å²) >= 11 is 0. The molecule has 0 unspecified atom stereocenters. The van der Waals surface area contributed by atoms with Crippen LogP contribution in [0.5, 0.6) is 11.5 Å². The van der Waals surface area contributed by atoms with Crippen LogP contribution < -0.4 is 9.47 Å². The predicted molar refractivity (Wildman–Crippen MR) is 159 cm³/mol. The number of amides is 1. The molecule has 11 nitrogen and oxygen atoms in total. The molecule has 0 saturated carbocycles. The van der Waals surface area contributed by atoms with E-state index < -0.39 is 11.9 Å². The Hall–Kier alpha value is -3.15. The van der Waals surface area contributed by atoms with Crippen LogP contribution in [0.1, 0.15) is 61.9 Å². The van der Waals surface area contributed by atoms with E-state index in [1.165, 1.54) is 0 Å². The first-order chi connectivity index (χ1) is 20.2. The number of likely N-dealkylation sites (tertiary alicyclic amines) is 1. The van der Waals surface area contributed by atoms with E-state index in [0.717, 1.165) is 43.6 Å². The van der Waals surface area contributed by atoms with Crippen molar-refractivity contribution < 1.29 is 29.3 Å². The van der Waals surface area contributed by atoms with E-state index in [0.29, 0.717) is 49.5 Å². The Bertz CT molecular complexity index is 1200. The third-order valence-corrected chi connectivity index (χ3v) is 8.54. The van der Waals surface area contributed by atoms with Crippen molar-refractivity contribution in [1.29, 1.82) is 0 Å². The summed E-state index contributed by atoms with van der Waals surface area (Å²) in [6.07, 6.45) is 8.66. The third kappa shape index (κ3) is 7.62. The number of ether oxygens (including phenoxy) is 2. The number of unbranched alkanes of at least 4 members (excludes halogenated alkanes) is 2. The van der Waals surface area contributed by atoms with Crippen molar-refractivity contribution in [3.05, 3.63) is 41.5 Å². The first-order valence-corrected chi connectivity index (χ1v) is 15.1. The Morgan fingerprint density at radius 2 is 1.88 bits per heavy atom. The van der Waals surface area contributed by atoms with Crippen molar-refractivity contribution in [2.45, 2.75) is 64.0 Å². The van der Waals surface area contributed by atoms with Crippen LogP contribution in [0.4, 0.5) is 0 Å². The molecule has 1 fully saturated rings. The van der Waals surface area contributed by atoms with Gasteiger partial charge in [0.2, 0.25) is 12.7 Å². The molecule has 11 heteroatoms. The van der Waals surface area contributed by atoms with Crippen LogP contribution in [-0.2, 0) is 29.7 Å². The topological polar surface area (TPSA) is 121 Å². The van der Waals surface area contributed by atoms with Crippen molar-refractivity contribution >= 4 is 11.9 Å². The summed E-state index contributed by atoms with van der Waals surface area (Å²) < 4.78 is 13.1. The predicted octanol–water partition coefficient (Wildman–Crippen LogP) is 2.71. The fourth-order valence-electron chi connectivity index (χ4n) is 6.26. The number of carboxylic acid groups (broad SMARTS) is 1. The molecule has 1 amide bonds. The Morgan fingerprint density at radius 3 is 2.55 bits per heavy atom. The van der Waals surface area contributed by atoms with E-state index >= 15 is 0 Å². The van der Waals surface area contributed by atoms with Gasteiger partial charge in [-0.15, -0.1) is 0 Å². The number of aliphatic hydroxyl groups is 1. The summed E-state index contributed by atoms with van der Waals surface area (Å²) in [5.41, 5.74) is 1.35. The molecule has 3 atom stereocenters. The minimum Gasteiger partial charge on any atom is -0.481 e. The number of aliphatic hydroxyl groups excluding tert-OH is 1. The van der Waals surface area contributed by atoms with Gasteiger partial charge in [0.15, 0.2) is 11.5 Å². The largest absolute Gasteiger partial charge is 0.481 e. The Balaban J connectivity index is 1.59. The quantitative estimate of drug-likeness (QED) is 0.287. The minimum absolute atomic E-state index is 0.0433. The lowest BCUT2D eigenvalue weighted by Gasteiger charge is -2.30. The molecular weight excluding hydrogens is 538 g/mol. The molecule has 0 aliphatic carbocycles. The number of fused-ring (bicyclic) bond motifs is 1. The number of aliphatic carboxylic acids is 1. The zero-order valence-electron chi connectivity index (χ0n) is 25.5. The zero-order chi connectivity index (χ0) is 30.2. The number of carboxylic acids is 1. The van der Waals surface area contributed by atoms with Gasteiger partial charge < -0.3 is 34.1 Å². The van der Waals surface area contributed by atoms with Crippen LogP contribution in [0.15, 0.2) is 24.5 Å². The first-order valence-electron chi connectivity index (χ1n) is 15.1. The number of hydrogen-bond acceptors (Lipinski definition) is 8. The molecule has 1 aromatic heterocycles. The number of imidazole rings is 1. The summed E-state index contributed by atoms with van der Waals surface area (Å²) in [5.74, 6) is -0.0743.